The first-order chi connectivity index (χ1) is 15.8. The number of benzene rings is 2. The van der Waals surface area contributed by atoms with Crippen LogP contribution in [0.2, 0.25) is 0 Å². The van der Waals surface area contributed by atoms with Crippen LogP contribution in [0.25, 0.3) is 0 Å². The molecule has 0 radical (unpaired) electrons. The van der Waals surface area contributed by atoms with Crippen molar-refractivity contribution < 1.29 is 29.2 Å². The van der Waals surface area contributed by atoms with Gasteiger partial charge in [-0.25, -0.2) is 4.79 Å². The molecule has 3 aliphatic heterocycles. The Bertz CT molecular complexity index is 1020. The third kappa shape index (κ3) is 4.39. The van der Waals surface area contributed by atoms with Gasteiger partial charge >= 0.3 is 5.97 Å². The molecule has 2 N–H and O–H groups in total. The molecule has 2 aromatic rings. The number of rotatable bonds is 5. The van der Waals surface area contributed by atoms with Gasteiger partial charge in [-0.15, -0.1) is 0 Å². The van der Waals surface area contributed by atoms with Crippen LogP contribution in [0.4, 0.5) is 0 Å². The van der Waals surface area contributed by atoms with E-state index in [1.165, 1.54) is 5.56 Å². The van der Waals surface area contributed by atoms with Crippen molar-refractivity contribution in [2.75, 3.05) is 19.7 Å². The lowest BCUT2D eigenvalue weighted by Crippen LogP contribution is -2.55. The van der Waals surface area contributed by atoms with Crippen molar-refractivity contribution in [3.63, 3.8) is 0 Å². The predicted octanol–water partition coefficient (Wildman–Crippen LogP) is 3.99. The van der Waals surface area contributed by atoms with E-state index >= 15 is 0 Å². The molecule has 2 saturated heterocycles. The zero-order chi connectivity index (χ0) is 23.2. The smallest absolute Gasteiger partial charge is 0.341 e. The lowest BCUT2D eigenvalue weighted by Gasteiger charge is -2.53. The summed E-state index contributed by atoms with van der Waals surface area (Å²) in [6.45, 7) is 6.63. The number of hydrogen-bond acceptors (Lipinski definition) is 6. The molecule has 0 spiro atoms. The topological polar surface area (TPSA) is 88.5 Å². The molecule has 4 atom stereocenters. The summed E-state index contributed by atoms with van der Waals surface area (Å²) >= 11 is 0. The maximum Gasteiger partial charge on any atom is 0.341 e. The predicted molar refractivity (Wildman–Crippen MR) is 121 cm³/mol. The summed E-state index contributed by atoms with van der Waals surface area (Å²) in [7, 11) is 0. The maximum absolute atomic E-state index is 10.7. The van der Waals surface area contributed by atoms with Gasteiger partial charge in [0.15, 0.2) is 18.1 Å². The number of hydrogen-bond donors (Lipinski definition) is 2. The summed E-state index contributed by atoms with van der Waals surface area (Å²) in [6, 6.07) is 13.2. The normalized spacial score (nSPS) is 28.1. The largest absolute Gasteiger partial charge is 0.504 e. The van der Waals surface area contributed by atoms with E-state index in [-0.39, 0.29) is 30.5 Å². The number of aromatic hydroxyl groups is 1. The van der Waals surface area contributed by atoms with Crippen LogP contribution in [0.1, 0.15) is 43.9 Å². The molecule has 7 nitrogen and oxygen atoms in total. The van der Waals surface area contributed by atoms with Gasteiger partial charge in [0.05, 0.1) is 12.2 Å². The van der Waals surface area contributed by atoms with Gasteiger partial charge < -0.3 is 24.4 Å². The number of carboxylic acid groups (broad SMARTS) is 1. The molecule has 0 amide bonds. The van der Waals surface area contributed by atoms with Crippen molar-refractivity contribution in [1.29, 1.82) is 0 Å². The van der Waals surface area contributed by atoms with E-state index in [2.05, 4.69) is 18.7 Å². The second-order valence-corrected chi connectivity index (χ2v) is 9.95. The van der Waals surface area contributed by atoms with Crippen LogP contribution >= 0.6 is 0 Å². The van der Waals surface area contributed by atoms with Gasteiger partial charge in [0.25, 0.3) is 0 Å². The van der Waals surface area contributed by atoms with Crippen molar-refractivity contribution in [3.05, 3.63) is 53.6 Å². The molecule has 2 aromatic carbocycles. The highest BCUT2D eigenvalue weighted by atomic mass is 16.5. The van der Waals surface area contributed by atoms with Gasteiger partial charge in [-0.3, -0.25) is 4.90 Å². The Morgan fingerprint density at radius 2 is 2.00 bits per heavy atom. The average molecular weight is 454 g/mol. The van der Waals surface area contributed by atoms with Crippen LogP contribution in [0.3, 0.4) is 0 Å². The van der Waals surface area contributed by atoms with Gasteiger partial charge in [0.1, 0.15) is 11.4 Å². The van der Waals surface area contributed by atoms with Crippen molar-refractivity contribution in [2.24, 2.45) is 11.8 Å². The Hall–Kier alpha value is -2.77. The lowest BCUT2D eigenvalue weighted by atomic mass is 9.70. The number of nitrogens with zero attached hydrogens (tertiary/aromatic N) is 1. The van der Waals surface area contributed by atoms with Crippen LogP contribution in [-0.4, -0.2) is 52.5 Å². The number of phenols is 1. The fourth-order valence-corrected chi connectivity index (χ4v) is 5.62. The van der Waals surface area contributed by atoms with E-state index in [9.17, 15) is 9.90 Å². The van der Waals surface area contributed by atoms with E-state index in [1.54, 1.807) is 6.07 Å². The first-order valence-corrected chi connectivity index (χ1v) is 11.6. The summed E-state index contributed by atoms with van der Waals surface area (Å²) in [5.74, 6) is 0.982. The third-order valence-corrected chi connectivity index (χ3v) is 7.27. The fraction of sp³-hybridized carbons (Fsp3) is 0.500. The summed E-state index contributed by atoms with van der Waals surface area (Å²) in [5.41, 5.74) is 1.72. The first kappa shape index (κ1) is 22.0. The van der Waals surface area contributed by atoms with Gasteiger partial charge in [-0.1, -0.05) is 24.3 Å². The summed E-state index contributed by atoms with van der Waals surface area (Å²) < 4.78 is 18.2. The highest BCUT2D eigenvalue weighted by Crippen LogP contribution is 2.54. The molecule has 0 aromatic heterocycles. The molecule has 7 heteroatoms. The van der Waals surface area contributed by atoms with Crippen molar-refractivity contribution in [1.82, 2.24) is 4.90 Å². The molecular weight excluding hydrogens is 422 g/mol. The second-order valence-electron chi connectivity index (χ2n) is 9.95. The summed E-state index contributed by atoms with van der Waals surface area (Å²) in [5, 5.41) is 19.1. The monoisotopic (exact) mass is 453 g/mol. The Morgan fingerprint density at radius 3 is 2.76 bits per heavy atom. The van der Waals surface area contributed by atoms with Gasteiger partial charge in [0, 0.05) is 31.1 Å². The Kier molecular flexibility index (Phi) is 5.70. The number of aliphatic carboxylic acids is 1. The third-order valence-electron chi connectivity index (χ3n) is 7.27. The molecule has 0 saturated carbocycles. The van der Waals surface area contributed by atoms with E-state index in [1.807, 2.05) is 36.4 Å². The number of para-hydroxylation sites is 1. The quantitative estimate of drug-likeness (QED) is 0.708. The number of piperidine rings is 1. The number of fused-ring (bicyclic) bond motifs is 4. The molecule has 176 valence electrons. The molecule has 0 aliphatic carbocycles. The zero-order valence-corrected chi connectivity index (χ0v) is 19.1. The summed E-state index contributed by atoms with van der Waals surface area (Å²) in [4.78, 5) is 13.1. The van der Waals surface area contributed by atoms with Crippen molar-refractivity contribution in [2.45, 2.75) is 51.0 Å². The van der Waals surface area contributed by atoms with Gasteiger partial charge in [-0.2, -0.15) is 0 Å². The minimum atomic E-state index is -0.981. The number of phenolic OH excluding ortho intramolecular Hbond substituents is 1. The Balaban J connectivity index is 1.25. The molecule has 2 fully saturated rings. The van der Waals surface area contributed by atoms with Crippen LogP contribution in [0.5, 0.6) is 17.2 Å². The Labute approximate surface area is 193 Å². The van der Waals surface area contributed by atoms with Crippen molar-refractivity contribution >= 4 is 5.97 Å². The standard InChI is InChI=1S/C26H31NO6/c1-26(2)20-12-17-14-27(13-16-6-8-18(9-7-16)31-15-23(29)30)11-10-22(17)32-24(20)19-4-3-5-21(28)25(19)33-26/h3-9,17,20,22,24,28H,10-15H2,1-2H3,(H,29,30)/t17-,20+,22+,24-/m0/s1. The second kappa shape index (κ2) is 8.54. The number of carboxylic acids is 1. The molecule has 0 unspecified atom stereocenters. The van der Waals surface area contributed by atoms with Crippen LogP contribution in [0.15, 0.2) is 42.5 Å². The number of likely N-dealkylation sites (tertiary alicyclic amines) is 1. The van der Waals surface area contributed by atoms with Crippen LogP contribution < -0.4 is 9.47 Å². The molecule has 0 bridgehead atoms. The van der Waals surface area contributed by atoms with E-state index in [0.717, 1.165) is 38.0 Å². The maximum atomic E-state index is 10.7. The highest BCUT2D eigenvalue weighted by Gasteiger charge is 2.51. The summed E-state index contributed by atoms with van der Waals surface area (Å²) in [6.07, 6.45) is 2.15. The van der Waals surface area contributed by atoms with E-state index in [4.69, 9.17) is 19.3 Å². The molecule has 3 heterocycles. The highest BCUT2D eigenvalue weighted by molar-refractivity contribution is 5.68. The Morgan fingerprint density at radius 1 is 1.21 bits per heavy atom. The van der Waals surface area contributed by atoms with Crippen LogP contribution in [-0.2, 0) is 16.1 Å². The first-order valence-electron chi connectivity index (χ1n) is 11.6. The van der Waals surface area contributed by atoms with Crippen LogP contribution in [0, 0.1) is 11.8 Å². The molecular formula is C26H31NO6. The number of ether oxygens (including phenoxy) is 3. The lowest BCUT2D eigenvalue weighted by molar-refractivity contribution is -0.188. The van der Waals surface area contributed by atoms with E-state index in [0.29, 0.717) is 17.4 Å². The van der Waals surface area contributed by atoms with Gasteiger partial charge in [0.2, 0.25) is 0 Å². The fourth-order valence-electron chi connectivity index (χ4n) is 5.62. The van der Waals surface area contributed by atoms with Crippen molar-refractivity contribution in [3.8, 4) is 17.2 Å². The van der Waals surface area contributed by atoms with E-state index < -0.39 is 11.6 Å². The molecule has 33 heavy (non-hydrogen) atoms. The number of carbonyl (C=O) groups is 1. The minimum absolute atomic E-state index is 0.0537. The minimum Gasteiger partial charge on any atom is -0.504 e. The average Bonchev–Trinajstić information content (AvgIpc) is 2.78. The zero-order valence-electron chi connectivity index (χ0n) is 19.1. The van der Waals surface area contributed by atoms with Gasteiger partial charge in [-0.05, 0) is 56.4 Å². The SMILES string of the molecule is CC1(C)Oc2c(O)cccc2[C@@H]2O[C@@H]3CCN(Cc4ccc(OCC(=O)O)cc4)C[C@@H]3C[C@H]21. The molecule has 3 aliphatic rings. The molecule has 5 rings (SSSR count).